The van der Waals surface area contributed by atoms with Crippen LogP contribution in [0, 0.1) is 0 Å². The first-order valence-corrected chi connectivity index (χ1v) is 9.89. The predicted molar refractivity (Wildman–Crippen MR) is 111 cm³/mol. The van der Waals surface area contributed by atoms with Crippen LogP contribution < -0.4 is 24.8 Å². The Kier molecular flexibility index (Phi) is 5.41. The van der Waals surface area contributed by atoms with Crippen LogP contribution >= 0.6 is 0 Å². The normalized spacial score (nSPS) is 20.1. The van der Waals surface area contributed by atoms with Gasteiger partial charge in [-0.15, -0.1) is 0 Å². The van der Waals surface area contributed by atoms with Gasteiger partial charge in [-0.25, -0.2) is 4.79 Å². The number of carbonyl (C=O) groups is 3. The van der Waals surface area contributed by atoms with Crippen LogP contribution in [0.25, 0.3) is 0 Å². The first-order chi connectivity index (χ1) is 14.9. The number of nitrogens with one attached hydrogen (secondary N) is 2. The molecule has 0 spiro atoms. The Bertz CT molecular complexity index is 1040. The number of fused-ring (bicyclic) bond motifs is 1. The maximum atomic E-state index is 13.0. The van der Waals surface area contributed by atoms with Gasteiger partial charge in [0.05, 0.1) is 20.3 Å². The highest BCUT2D eigenvalue weighted by Crippen LogP contribution is 2.33. The summed E-state index contributed by atoms with van der Waals surface area (Å²) >= 11 is 0. The van der Waals surface area contributed by atoms with E-state index in [0.29, 0.717) is 41.7 Å². The topological polar surface area (TPSA) is 106 Å². The largest absolute Gasteiger partial charge is 0.497 e. The Morgan fingerprint density at radius 2 is 1.94 bits per heavy atom. The van der Waals surface area contributed by atoms with Gasteiger partial charge >= 0.3 is 6.03 Å². The highest BCUT2D eigenvalue weighted by molar-refractivity contribution is 6.10. The van der Waals surface area contributed by atoms with E-state index in [1.54, 1.807) is 49.4 Å². The lowest BCUT2D eigenvalue weighted by atomic mass is 9.92. The van der Waals surface area contributed by atoms with Gasteiger partial charge in [0, 0.05) is 18.2 Å². The second-order valence-corrected chi connectivity index (χ2v) is 7.44. The zero-order valence-corrected chi connectivity index (χ0v) is 17.3. The number of ether oxygens (including phenoxy) is 3. The molecular weight excluding hydrogens is 402 g/mol. The fraction of sp³-hybridized carbons (Fsp3) is 0.318. The number of imide groups is 1. The van der Waals surface area contributed by atoms with E-state index in [0.717, 1.165) is 11.3 Å². The van der Waals surface area contributed by atoms with Crippen molar-refractivity contribution in [2.75, 3.05) is 32.2 Å². The Labute approximate surface area is 179 Å². The molecule has 162 valence electrons. The van der Waals surface area contributed by atoms with Gasteiger partial charge in [0.2, 0.25) is 5.91 Å². The second kappa shape index (κ2) is 8.17. The van der Waals surface area contributed by atoms with Crippen LogP contribution in [0.2, 0.25) is 0 Å². The Morgan fingerprint density at radius 1 is 1.16 bits per heavy atom. The molecule has 2 N–H and O–H groups in total. The summed E-state index contributed by atoms with van der Waals surface area (Å²) in [5, 5.41) is 5.38. The minimum Gasteiger partial charge on any atom is -0.497 e. The lowest BCUT2D eigenvalue weighted by Crippen LogP contribution is -2.42. The van der Waals surface area contributed by atoms with Crippen molar-refractivity contribution < 1.29 is 28.6 Å². The minimum atomic E-state index is -1.29. The van der Waals surface area contributed by atoms with Crippen LogP contribution in [0.1, 0.15) is 18.9 Å². The molecular formula is C22H23N3O6. The summed E-state index contributed by atoms with van der Waals surface area (Å²) in [4.78, 5) is 39.0. The molecule has 1 saturated heterocycles. The van der Waals surface area contributed by atoms with Gasteiger partial charge in [-0.2, -0.15) is 0 Å². The van der Waals surface area contributed by atoms with Gasteiger partial charge in [0.25, 0.3) is 5.91 Å². The molecule has 1 atom stereocenters. The van der Waals surface area contributed by atoms with Crippen LogP contribution in [-0.4, -0.2) is 49.6 Å². The molecule has 0 saturated carbocycles. The first-order valence-electron chi connectivity index (χ1n) is 9.89. The molecule has 0 radical (unpaired) electrons. The molecule has 2 aliphatic rings. The summed E-state index contributed by atoms with van der Waals surface area (Å²) in [6.07, 6.45) is 0.772. The van der Waals surface area contributed by atoms with Crippen molar-refractivity contribution in [2.45, 2.75) is 18.9 Å². The number of hydrogen-bond acceptors (Lipinski definition) is 6. The van der Waals surface area contributed by atoms with Crippen LogP contribution in [0.3, 0.4) is 0 Å². The van der Waals surface area contributed by atoms with Crippen LogP contribution in [0.4, 0.5) is 10.5 Å². The maximum absolute atomic E-state index is 13.0. The first kappa shape index (κ1) is 20.5. The van der Waals surface area contributed by atoms with Gasteiger partial charge < -0.3 is 24.8 Å². The molecule has 2 aliphatic heterocycles. The van der Waals surface area contributed by atoms with E-state index in [2.05, 4.69) is 10.6 Å². The van der Waals surface area contributed by atoms with Crippen molar-refractivity contribution in [3.8, 4) is 17.2 Å². The van der Waals surface area contributed by atoms with Crippen LogP contribution in [0.5, 0.6) is 17.2 Å². The average molecular weight is 425 g/mol. The van der Waals surface area contributed by atoms with Crippen molar-refractivity contribution in [1.82, 2.24) is 10.2 Å². The van der Waals surface area contributed by atoms with Gasteiger partial charge in [-0.1, -0.05) is 12.1 Å². The third-order valence-corrected chi connectivity index (χ3v) is 5.26. The van der Waals surface area contributed by atoms with E-state index < -0.39 is 29.9 Å². The third-order valence-electron chi connectivity index (χ3n) is 5.26. The smallest absolute Gasteiger partial charge is 0.325 e. The van der Waals surface area contributed by atoms with E-state index in [1.165, 1.54) is 7.11 Å². The molecule has 0 bridgehead atoms. The van der Waals surface area contributed by atoms with E-state index in [1.807, 2.05) is 0 Å². The molecule has 2 heterocycles. The van der Waals surface area contributed by atoms with E-state index in [-0.39, 0.29) is 0 Å². The second-order valence-electron chi connectivity index (χ2n) is 7.44. The zero-order chi connectivity index (χ0) is 22.0. The maximum Gasteiger partial charge on any atom is 0.325 e. The summed E-state index contributed by atoms with van der Waals surface area (Å²) in [6, 6.07) is 11.3. The quantitative estimate of drug-likeness (QED) is 0.712. The summed E-state index contributed by atoms with van der Waals surface area (Å²) in [5.41, 5.74) is -0.242. The Balaban J connectivity index is 1.46. The van der Waals surface area contributed by atoms with E-state index in [9.17, 15) is 14.4 Å². The third kappa shape index (κ3) is 3.98. The molecule has 0 aromatic heterocycles. The molecule has 2 aromatic rings. The van der Waals surface area contributed by atoms with E-state index >= 15 is 0 Å². The van der Waals surface area contributed by atoms with Gasteiger partial charge in [0.15, 0.2) is 11.5 Å². The fourth-order valence-electron chi connectivity index (χ4n) is 3.56. The molecule has 0 unspecified atom stereocenters. The highest BCUT2D eigenvalue weighted by Gasteiger charge is 2.49. The minimum absolute atomic E-state index is 0.418. The van der Waals surface area contributed by atoms with E-state index in [4.69, 9.17) is 14.2 Å². The lowest BCUT2D eigenvalue weighted by molar-refractivity contribution is -0.133. The number of anilines is 1. The summed E-state index contributed by atoms with van der Waals surface area (Å²) in [6.45, 7) is 2.27. The highest BCUT2D eigenvalue weighted by atomic mass is 16.5. The number of rotatable bonds is 5. The molecule has 9 heteroatoms. The van der Waals surface area contributed by atoms with Crippen molar-refractivity contribution in [1.29, 1.82) is 0 Å². The molecule has 4 rings (SSSR count). The molecule has 0 aliphatic carbocycles. The number of nitrogens with zero attached hydrogens (tertiary/aromatic N) is 1. The van der Waals surface area contributed by atoms with Crippen molar-refractivity contribution in [3.63, 3.8) is 0 Å². The molecule has 9 nitrogen and oxygen atoms in total. The molecule has 1 fully saturated rings. The number of hydrogen-bond donors (Lipinski definition) is 2. The van der Waals surface area contributed by atoms with Gasteiger partial charge in [-0.05, 0) is 36.8 Å². The summed E-state index contributed by atoms with van der Waals surface area (Å²) in [5.74, 6) is 0.688. The monoisotopic (exact) mass is 425 g/mol. The van der Waals surface area contributed by atoms with Crippen molar-refractivity contribution >= 4 is 23.5 Å². The standard InChI is InChI=1S/C22H23N3O6/c1-22(14-5-3-6-16(11-14)29-2)20(27)25(21(28)24-22)13-19(26)23-15-7-8-17-18(12-15)31-10-4-9-30-17/h3,5-8,11-12H,4,9-10,13H2,1-2H3,(H,23,26)(H,24,28)/t22-/m1/s1. The van der Waals surface area contributed by atoms with Gasteiger partial charge in [-0.3, -0.25) is 14.5 Å². The Morgan fingerprint density at radius 3 is 2.71 bits per heavy atom. The fourth-order valence-corrected chi connectivity index (χ4v) is 3.56. The number of benzene rings is 2. The lowest BCUT2D eigenvalue weighted by Gasteiger charge is -2.22. The summed E-state index contributed by atoms with van der Waals surface area (Å²) < 4.78 is 16.4. The van der Waals surface area contributed by atoms with Crippen LogP contribution in [-0.2, 0) is 15.1 Å². The predicted octanol–water partition coefficient (Wildman–Crippen LogP) is 2.26. The Hall–Kier alpha value is -3.75. The summed E-state index contributed by atoms with van der Waals surface area (Å²) in [7, 11) is 1.52. The number of methoxy groups -OCH3 is 1. The SMILES string of the molecule is COc1cccc([C@@]2(C)NC(=O)N(CC(=O)Nc3ccc4c(c3)OCCCO4)C2=O)c1. The van der Waals surface area contributed by atoms with Crippen molar-refractivity contribution in [3.05, 3.63) is 48.0 Å². The average Bonchev–Trinajstić information content (AvgIpc) is 2.93. The molecule has 2 aromatic carbocycles. The van der Waals surface area contributed by atoms with Crippen molar-refractivity contribution in [2.24, 2.45) is 0 Å². The number of carbonyl (C=O) groups excluding carboxylic acids is 3. The zero-order valence-electron chi connectivity index (χ0n) is 17.3. The van der Waals surface area contributed by atoms with Crippen LogP contribution in [0.15, 0.2) is 42.5 Å². The number of amides is 4. The molecule has 4 amide bonds. The molecule has 31 heavy (non-hydrogen) atoms. The van der Waals surface area contributed by atoms with Gasteiger partial charge in [0.1, 0.15) is 17.8 Å². The number of urea groups is 1.